The first kappa shape index (κ1) is 15.6. The number of aromatic nitrogens is 3. The highest BCUT2D eigenvalue weighted by Gasteiger charge is 2.13. The fourth-order valence-corrected chi connectivity index (χ4v) is 2.59. The van der Waals surface area contributed by atoms with E-state index in [9.17, 15) is 4.79 Å². The molecular weight excluding hydrogens is 356 g/mol. The van der Waals surface area contributed by atoms with E-state index < -0.39 is 0 Å². The van der Waals surface area contributed by atoms with Crippen molar-refractivity contribution in [2.75, 3.05) is 0 Å². The second-order valence-electron chi connectivity index (χ2n) is 5.43. The van der Waals surface area contributed by atoms with Gasteiger partial charge in [-0.05, 0) is 24.3 Å². The molecule has 0 spiro atoms. The number of nitrogens with zero attached hydrogens (tertiary/aromatic N) is 4. The molecule has 0 unspecified atom stereocenters. The SMILES string of the molecule is CC(C)c1nc2ccc(Br)cc2c(=O)n1N=Cc1cccnc1. The lowest BCUT2D eigenvalue weighted by Gasteiger charge is -2.11. The first-order chi connectivity index (χ1) is 11.1. The van der Waals surface area contributed by atoms with Crippen LogP contribution in [0.4, 0.5) is 0 Å². The van der Waals surface area contributed by atoms with E-state index in [0.717, 1.165) is 10.0 Å². The van der Waals surface area contributed by atoms with Gasteiger partial charge in [0.25, 0.3) is 5.56 Å². The van der Waals surface area contributed by atoms with Crippen LogP contribution in [0.3, 0.4) is 0 Å². The van der Waals surface area contributed by atoms with Crippen molar-refractivity contribution < 1.29 is 0 Å². The second-order valence-corrected chi connectivity index (χ2v) is 6.35. The van der Waals surface area contributed by atoms with Crippen LogP contribution >= 0.6 is 15.9 Å². The minimum atomic E-state index is -0.180. The van der Waals surface area contributed by atoms with Gasteiger partial charge in [0.2, 0.25) is 0 Å². The van der Waals surface area contributed by atoms with E-state index in [0.29, 0.717) is 16.7 Å². The maximum atomic E-state index is 12.8. The van der Waals surface area contributed by atoms with E-state index in [1.54, 1.807) is 24.7 Å². The predicted molar refractivity (Wildman–Crippen MR) is 95.0 cm³/mol. The molecule has 116 valence electrons. The number of hydrogen-bond acceptors (Lipinski definition) is 4. The van der Waals surface area contributed by atoms with E-state index in [1.807, 2.05) is 38.1 Å². The van der Waals surface area contributed by atoms with Gasteiger partial charge in [-0.15, -0.1) is 0 Å². The van der Waals surface area contributed by atoms with Crippen molar-refractivity contribution >= 4 is 33.0 Å². The molecule has 0 saturated carbocycles. The van der Waals surface area contributed by atoms with Crippen LogP contribution in [0.15, 0.2) is 57.1 Å². The van der Waals surface area contributed by atoms with Crippen molar-refractivity contribution in [1.29, 1.82) is 0 Å². The molecule has 0 atom stereocenters. The average Bonchev–Trinajstić information content (AvgIpc) is 2.55. The zero-order valence-corrected chi connectivity index (χ0v) is 14.4. The third-order valence-electron chi connectivity index (χ3n) is 3.36. The number of pyridine rings is 1. The van der Waals surface area contributed by atoms with Crippen LogP contribution in [0.5, 0.6) is 0 Å². The molecule has 2 aromatic heterocycles. The lowest BCUT2D eigenvalue weighted by atomic mass is 10.2. The number of benzene rings is 1. The van der Waals surface area contributed by atoms with Gasteiger partial charge in [0.15, 0.2) is 0 Å². The van der Waals surface area contributed by atoms with E-state index in [2.05, 4.69) is 31.0 Å². The zero-order valence-electron chi connectivity index (χ0n) is 12.8. The van der Waals surface area contributed by atoms with Gasteiger partial charge in [0, 0.05) is 28.3 Å². The molecule has 6 heteroatoms. The normalized spacial score (nSPS) is 11.7. The Morgan fingerprint density at radius 3 is 2.83 bits per heavy atom. The topological polar surface area (TPSA) is 60.1 Å². The molecule has 0 fully saturated rings. The van der Waals surface area contributed by atoms with E-state index >= 15 is 0 Å². The highest BCUT2D eigenvalue weighted by atomic mass is 79.9. The van der Waals surface area contributed by atoms with Gasteiger partial charge >= 0.3 is 0 Å². The minimum absolute atomic E-state index is 0.0711. The van der Waals surface area contributed by atoms with Crippen LogP contribution in [-0.4, -0.2) is 20.9 Å². The Morgan fingerprint density at radius 1 is 1.30 bits per heavy atom. The maximum Gasteiger partial charge on any atom is 0.282 e. The molecule has 0 saturated heterocycles. The summed E-state index contributed by atoms with van der Waals surface area (Å²) in [5.74, 6) is 0.701. The smallest absolute Gasteiger partial charge is 0.267 e. The first-order valence-electron chi connectivity index (χ1n) is 7.23. The largest absolute Gasteiger partial charge is 0.282 e. The van der Waals surface area contributed by atoms with Gasteiger partial charge < -0.3 is 0 Å². The molecule has 5 nitrogen and oxygen atoms in total. The Kier molecular flexibility index (Phi) is 4.34. The van der Waals surface area contributed by atoms with Gasteiger partial charge in [0.05, 0.1) is 17.1 Å². The Bertz CT molecular complexity index is 932. The summed E-state index contributed by atoms with van der Waals surface area (Å²) in [7, 11) is 0. The second kappa shape index (κ2) is 6.42. The number of hydrogen-bond donors (Lipinski definition) is 0. The summed E-state index contributed by atoms with van der Waals surface area (Å²) >= 11 is 3.39. The van der Waals surface area contributed by atoms with Crippen LogP contribution in [0.1, 0.15) is 31.2 Å². The van der Waals surface area contributed by atoms with Crippen LogP contribution in [-0.2, 0) is 0 Å². The van der Waals surface area contributed by atoms with Gasteiger partial charge in [-0.25, -0.2) is 4.98 Å². The van der Waals surface area contributed by atoms with Crippen LogP contribution < -0.4 is 5.56 Å². The van der Waals surface area contributed by atoms with Crippen LogP contribution in [0, 0.1) is 0 Å². The molecule has 0 N–H and O–H groups in total. The van der Waals surface area contributed by atoms with Crippen molar-refractivity contribution in [3.05, 3.63) is 68.9 Å². The fraction of sp³-hybridized carbons (Fsp3) is 0.176. The summed E-state index contributed by atoms with van der Waals surface area (Å²) in [4.78, 5) is 21.4. The molecule has 0 radical (unpaired) electrons. The summed E-state index contributed by atoms with van der Waals surface area (Å²) in [6, 6.07) is 9.18. The molecule has 0 aliphatic heterocycles. The van der Waals surface area contributed by atoms with E-state index in [-0.39, 0.29) is 11.5 Å². The molecule has 0 aliphatic rings. The van der Waals surface area contributed by atoms with Crippen LogP contribution in [0.2, 0.25) is 0 Å². The number of rotatable bonds is 3. The van der Waals surface area contributed by atoms with Crippen molar-refractivity contribution in [3.8, 4) is 0 Å². The Morgan fingerprint density at radius 2 is 2.13 bits per heavy atom. The molecule has 0 bridgehead atoms. The van der Waals surface area contributed by atoms with Crippen molar-refractivity contribution in [2.24, 2.45) is 5.10 Å². The highest BCUT2D eigenvalue weighted by Crippen LogP contribution is 2.18. The molecular formula is C17H15BrN4O. The summed E-state index contributed by atoms with van der Waals surface area (Å²) in [5, 5.41) is 4.87. The highest BCUT2D eigenvalue weighted by molar-refractivity contribution is 9.10. The lowest BCUT2D eigenvalue weighted by Crippen LogP contribution is -2.23. The summed E-state index contributed by atoms with van der Waals surface area (Å²) in [6.45, 7) is 3.98. The molecule has 3 aromatic rings. The van der Waals surface area contributed by atoms with Gasteiger partial charge in [-0.2, -0.15) is 9.78 Å². The Labute approximate surface area is 141 Å². The molecule has 0 aliphatic carbocycles. The lowest BCUT2D eigenvalue weighted by molar-refractivity contribution is 0.665. The molecule has 23 heavy (non-hydrogen) atoms. The predicted octanol–water partition coefficient (Wildman–Crippen LogP) is 3.56. The third kappa shape index (κ3) is 3.22. The summed E-state index contributed by atoms with van der Waals surface area (Å²) in [5.41, 5.74) is 1.32. The fourth-order valence-electron chi connectivity index (χ4n) is 2.23. The quantitative estimate of drug-likeness (QED) is 0.662. The van der Waals surface area contributed by atoms with Crippen molar-refractivity contribution in [1.82, 2.24) is 14.6 Å². The van der Waals surface area contributed by atoms with Gasteiger partial charge in [-0.1, -0.05) is 35.8 Å². The number of halogens is 1. The Hall–Kier alpha value is -2.34. The van der Waals surface area contributed by atoms with Gasteiger partial charge in [-0.3, -0.25) is 9.78 Å². The molecule has 2 heterocycles. The minimum Gasteiger partial charge on any atom is -0.267 e. The van der Waals surface area contributed by atoms with E-state index in [1.165, 1.54) is 4.68 Å². The average molecular weight is 371 g/mol. The van der Waals surface area contributed by atoms with E-state index in [4.69, 9.17) is 0 Å². The third-order valence-corrected chi connectivity index (χ3v) is 3.85. The van der Waals surface area contributed by atoms with Crippen LogP contribution in [0.25, 0.3) is 10.9 Å². The van der Waals surface area contributed by atoms with Gasteiger partial charge in [0.1, 0.15) is 5.82 Å². The first-order valence-corrected chi connectivity index (χ1v) is 8.02. The summed E-state index contributed by atoms with van der Waals surface area (Å²) in [6.07, 6.45) is 5.00. The maximum absolute atomic E-state index is 12.8. The molecule has 0 amide bonds. The number of fused-ring (bicyclic) bond motifs is 1. The Balaban J connectivity index is 2.21. The molecule has 1 aromatic carbocycles. The van der Waals surface area contributed by atoms with Crippen molar-refractivity contribution in [2.45, 2.75) is 19.8 Å². The molecule has 3 rings (SSSR count). The van der Waals surface area contributed by atoms with Crippen molar-refractivity contribution in [3.63, 3.8) is 0 Å². The zero-order chi connectivity index (χ0) is 16.4. The monoisotopic (exact) mass is 370 g/mol. The standard InChI is InChI=1S/C17H15BrN4O/c1-11(2)16-21-15-6-5-13(18)8-14(15)17(23)22(16)20-10-12-4-3-7-19-9-12/h3-11H,1-2H3. The summed E-state index contributed by atoms with van der Waals surface area (Å²) < 4.78 is 2.20.